The second-order valence-electron chi connectivity index (χ2n) is 6.01. The SMILES string of the molecule is C1CC[C@H]2[C@H](C1)C1(CCC23OCCO3)OCCO1. The summed E-state index contributed by atoms with van der Waals surface area (Å²) >= 11 is 0. The first-order valence-corrected chi connectivity index (χ1v) is 7.41. The van der Waals surface area contributed by atoms with Crippen molar-refractivity contribution >= 4 is 0 Å². The zero-order valence-corrected chi connectivity index (χ0v) is 10.9. The van der Waals surface area contributed by atoms with Gasteiger partial charge in [0.2, 0.25) is 0 Å². The van der Waals surface area contributed by atoms with Gasteiger partial charge in [-0.15, -0.1) is 0 Å². The van der Waals surface area contributed by atoms with Crippen LogP contribution in [0.15, 0.2) is 0 Å². The third-order valence-corrected chi connectivity index (χ3v) is 5.27. The minimum Gasteiger partial charge on any atom is -0.347 e. The van der Waals surface area contributed by atoms with Gasteiger partial charge in [0.25, 0.3) is 0 Å². The van der Waals surface area contributed by atoms with E-state index in [0.717, 1.165) is 39.3 Å². The molecule has 4 heteroatoms. The van der Waals surface area contributed by atoms with Crippen molar-refractivity contribution in [3.63, 3.8) is 0 Å². The average Bonchev–Trinajstić information content (AvgIpc) is 3.06. The first kappa shape index (κ1) is 11.6. The van der Waals surface area contributed by atoms with Crippen molar-refractivity contribution in [2.45, 2.75) is 50.1 Å². The second-order valence-corrected chi connectivity index (χ2v) is 6.01. The fourth-order valence-corrected chi connectivity index (χ4v) is 4.56. The topological polar surface area (TPSA) is 36.9 Å². The lowest BCUT2D eigenvalue weighted by molar-refractivity contribution is -0.314. The summed E-state index contributed by atoms with van der Waals surface area (Å²) in [6.45, 7) is 2.99. The molecule has 102 valence electrons. The van der Waals surface area contributed by atoms with Gasteiger partial charge in [0.15, 0.2) is 11.6 Å². The van der Waals surface area contributed by atoms with Crippen LogP contribution in [0.1, 0.15) is 38.5 Å². The molecule has 2 aliphatic heterocycles. The van der Waals surface area contributed by atoms with E-state index in [9.17, 15) is 0 Å². The molecule has 18 heavy (non-hydrogen) atoms. The first-order valence-electron chi connectivity index (χ1n) is 7.41. The molecule has 0 aromatic rings. The largest absolute Gasteiger partial charge is 0.347 e. The Labute approximate surface area is 108 Å². The lowest BCUT2D eigenvalue weighted by Crippen LogP contribution is -2.58. The molecule has 2 aliphatic carbocycles. The van der Waals surface area contributed by atoms with E-state index in [2.05, 4.69) is 0 Å². The highest BCUT2D eigenvalue weighted by Crippen LogP contribution is 2.55. The minimum absolute atomic E-state index is 0.314. The normalized spacial score (nSPS) is 41.3. The number of fused-ring (bicyclic) bond motifs is 3. The van der Waals surface area contributed by atoms with Gasteiger partial charge in [-0.25, -0.2) is 0 Å². The zero-order valence-electron chi connectivity index (χ0n) is 10.9. The Kier molecular flexibility index (Phi) is 2.70. The lowest BCUT2D eigenvalue weighted by Gasteiger charge is -2.53. The molecule has 0 amide bonds. The molecule has 2 heterocycles. The average molecular weight is 254 g/mol. The molecule has 0 aromatic heterocycles. The number of rotatable bonds is 0. The van der Waals surface area contributed by atoms with Crippen molar-refractivity contribution in [3.05, 3.63) is 0 Å². The van der Waals surface area contributed by atoms with Crippen molar-refractivity contribution in [1.29, 1.82) is 0 Å². The van der Waals surface area contributed by atoms with E-state index in [1.54, 1.807) is 0 Å². The maximum atomic E-state index is 6.02. The van der Waals surface area contributed by atoms with Gasteiger partial charge in [0.05, 0.1) is 26.4 Å². The van der Waals surface area contributed by atoms with E-state index >= 15 is 0 Å². The molecule has 2 saturated carbocycles. The summed E-state index contributed by atoms with van der Waals surface area (Å²) in [6.07, 6.45) is 6.80. The van der Waals surface area contributed by atoms with Crippen LogP contribution >= 0.6 is 0 Å². The van der Waals surface area contributed by atoms with Crippen LogP contribution in [-0.2, 0) is 18.9 Å². The Hall–Kier alpha value is -0.160. The van der Waals surface area contributed by atoms with Crippen molar-refractivity contribution < 1.29 is 18.9 Å². The van der Waals surface area contributed by atoms with E-state index in [1.165, 1.54) is 25.7 Å². The van der Waals surface area contributed by atoms with Crippen LogP contribution in [0.25, 0.3) is 0 Å². The monoisotopic (exact) mass is 254 g/mol. The fraction of sp³-hybridized carbons (Fsp3) is 1.00. The van der Waals surface area contributed by atoms with Crippen molar-refractivity contribution in [2.75, 3.05) is 26.4 Å². The quantitative estimate of drug-likeness (QED) is 0.663. The van der Waals surface area contributed by atoms with Gasteiger partial charge in [-0.3, -0.25) is 0 Å². The minimum atomic E-state index is -0.314. The summed E-state index contributed by atoms with van der Waals surface area (Å²) in [6, 6.07) is 0. The van der Waals surface area contributed by atoms with Crippen molar-refractivity contribution in [2.24, 2.45) is 11.8 Å². The van der Waals surface area contributed by atoms with Gasteiger partial charge < -0.3 is 18.9 Å². The maximum absolute atomic E-state index is 6.02. The molecule has 4 nitrogen and oxygen atoms in total. The Morgan fingerprint density at radius 2 is 1.00 bits per heavy atom. The van der Waals surface area contributed by atoms with Gasteiger partial charge in [0.1, 0.15) is 0 Å². The molecule has 0 aromatic carbocycles. The Morgan fingerprint density at radius 1 is 0.611 bits per heavy atom. The van der Waals surface area contributed by atoms with Crippen LogP contribution in [0.3, 0.4) is 0 Å². The van der Waals surface area contributed by atoms with E-state index < -0.39 is 0 Å². The summed E-state index contributed by atoms with van der Waals surface area (Å²) in [5.41, 5.74) is 0. The lowest BCUT2D eigenvalue weighted by atomic mass is 9.64. The van der Waals surface area contributed by atoms with Gasteiger partial charge in [-0.2, -0.15) is 0 Å². The van der Waals surface area contributed by atoms with Crippen LogP contribution in [0.2, 0.25) is 0 Å². The van der Waals surface area contributed by atoms with E-state index in [4.69, 9.17) is 18.9 Å². The molecule has 0 unspecified atom stereocenters. The summed E-state index contributed by atoms with van der Waals surface area (Å²) in [4.78, 5) is 0. The number of ether oxygens (including phenoxy) is 4. The van der Waals surface area contributed by atoms with E-state index in [0.29, 0.717) is 11.8 Å². The molecule has 2 spiro atoms. The maximum Gasteiger partial charge on any atom is 0.171 e. The molecule has 0 radical (unpaired) electrons. The van der Waals surface area contributed by atoms with Gasteiger partial charge in [-0.05, 0) is 12.8 Å². The van der Waals surface area contributed by atoms with Crippen molar-refractivity contribution in [1.82, 2.24) is 0 Å². The smallest absolute Gasteiger partial charge is 0.171 e. The van der Waals surface area contributed by atoms with E-state index in [-0.39, 0.29) is 11.6 Å². The summed E-state index contributed by atoms with van der Waals surface area (Å²) in [5.74, 6) is 0.290. The van der Waals surface area contributed by atoms with Gasteiger partial charge >= 0.3 is 0 Å². The molecular formula is C14H22O4. The van der Waals surface area contributed by atoms with Crippen LogP contribution < -0.4 is 0 Å². The third kappa shape index (κ3) is 1.52. The highest BCUT2D eigenvalue weighted by atomic mass is 16.8. The molecule has 2 atom stereocenters. The standard InChI is InChI=1S/C14H22O4/c1-2-4-12-11(3-1)13(15-7-8-16-13)5-6-14(12)17-9-10-18-14/h11-12H,1-10H2/t11-,12-/m0/s1. The highest BCUT2D eigenvalue weighted by Gasteiger charge is 2.61. The molecule has 0 bridgehead atoms. The molecular weight excluding hydrogens is 232 g/mol. The Morgan fingerprint density at radius 3 is 1.39 bits per heavy atom. The Bertz CT molecular complexity index is 286. The van der Waals surface area contributed by atoms with Gasteiger partial charge in [-0.1, -0.05) is 12.8 Å². The van der Waals surface area contributed by atoms with E-state index in [1.807, 2.05) is 0 Å². The number of hydrogen-bond donors (Lipinski definition) is 0. The molecule has 0 N–H and O–H groups in total. The first-order chi connectivity index (χ1) is 8.85. The second kappa shape index (κ2) is 4.17. The Balaban J connectivity index is 1.66. The predicted octanol–water partition coefficient (Wildman–Crippen LogP) is 2.07. The van der Waals surface area contributed by atoms with Crippen molar-refractivity contribution in [3.8, 4) is 0 Å². The summed E-state index contributed by atoms with van der Waals surface area (Å²) in [7, 11) is 0. The zero-order chi connectivity index (χ0) is 12.1. The predicted molar refractivity (Wildman–Crippen MR) is 64.0 cm³/mol. The molecule has 4 rings (SSSR count). The van der Waals surface area contributed by atoms with Crippen LogP contribution in [0, 0.1) is 11.8 Å². The van der Waals surface area contributed by atoms with Gasteiger partial charge in [0, 0.05) is 24.7 Å². The number of hydrogen-bond acceptors (Lipinski definition) is 4. The highest BCUT2D eigenvalue weighted by molar-refractivity contribution is 5.02. The molecule has 2 saturated heterocycles. The molecule has 4 aliphatic rings. The van der Waals surface area contributed by atoms with Crippen LogP contribution in [0.5, 0.6) is 0 Å². The molecule has 4 fully saturated rings. The third-order valence-electron chi connectivity index (χ3n) is 5.27. The summed E-state index contributed by atoms with van der Waals surface area (Å²) < 4.78 is 24.1. The summed E-state index contributed by atoms with van der Waals surface area (Å²) in [5, 5.41) is 0. The van der Waals surface area contributed by atoms with Crippen LogP contribution in [-0.4, -0.2) is 38.0 Å². The van der Waals surface area contributed by atoms with Crippen LogP contribution in [0.4, 0.5) is 0 Å². The fourth-order valence-electron chi connectivity index (χ4n) is 4.56.